The van der Waals surface area contributed by atoms with Crippen LogP contribution in [0.2, 0.25) is 0 Å². The molecule has 0 aliphatic carbocycles. The number of hydroxylamine groups is 2. The Hall–Kier alpha value is -6.66. The van der Waals surface area contributed by atoms with E-state index in [9.17, 15) is 53.1 Å². The fourth-order valence-corrected chi connectivity index (χ4v) is 5.03. The van der Waals surface area contributed by atoms with Crippen LogP contribution in [0.4, 0.5) is 0 Å². The second-order valence-electron chi connectivity index (χ2n) is 12.1. The minimum absolute atomic E-state index is 0.0216. The van der Waals surface area contributed by atoms with E-state index in [1.165, 1.54) is 12.1 Å². The zero-order valence-corrected chi connectivity index (χ0v) is 29.2. The van der Waals surface area contributed by atoms with Gasteiger partial charge < -0.3 is 41.6 Å². The maximum Gasteiger partial charge on any atom is 0.363 e. The van der Waals surface area contributed by atoms with Crippen molar-refractivity contribution in [2.45, 2.75) is 64.0 Å². The van der Waals surface area contributed by atoms with Crippen LogP contribution in [0, 0.1) is 6.92 Å². The minimum Gasteiger partial charge on any atom is -0.481 e. The maximum atomic E-state index is 12.9. The fourth-order valence-electron chi connectivity index (χ4n) is 5.03. The van der Waals surface area contributed by atoms with Crippen LogP contribution in [0.3, 0.4) is 0 Å². The molecule has 7 N–H and O–H groups in total. The van der Waals surface area contributed by atoms with E-state index in [1.54, 1.807) is 37.3 Å². The van der Waals surface area contributed by atoms with Crippen LogP contribution in [0.1, 0.15) is 81.6 Å². The lowest BCUT2D eigenvalue weighted by Gasteiger charge is -2.19. The molecule has 1 aliphatic heterocycles. The summed E-state index contributed by atoms with van der Waals surface area (Å²) in [4.78, 5) is 127. The molecule has 0 spiro atoms. The molecule has 0 aromatic heterocycles. The Bertz CT molecular complexity index is 1770. The summed E-state index contributed by atoms with van der Waals surface area (Å²) < 4.78 is 0. The highest BCUT2D eigenvalue weighted by Gasteiger charge is 2.33. The predicted molar refractivity (Wildman–Crippen MR) is 184 cm³/mol. The van der Waals surface area contributed by atoms with Crippen LogP contribution in [0.5, 0.6) is 0 Å². The fraction of sp³-hybridized carbons (Fsp3) is 0.371. The van der Waals surface area contributed by atoms with Gasteiger partial charge in [0.05, 0.1) is 18.7 Å². The van der Waals surface area contributed by atoms with E-state index in [-0.39, 0.29) is 42.8 Å². The highest BCUT2D eigenvalue weighted by Crippen LogP contribution is 2.16. The van der Waals surface area contributed by atoms with Gasteiger partial charge in [-0.3, -0.25) is 38.4 Å². The number of carboxylic acids is 2. The number of amides is 7. The molecule has 1 aliphatic rings. The molecular weight excluding hydrogens is 712 g/mol. The van der Waals surface area contributed by atoms with Gasteiger partial charge in [0.15, 0.2) is 0 Å². The summed E-state index contributed by atoms with van der Waals surface area (Å²) in [6.45, 7) is 0.423. The second-order valence-corrected chi connectivity index (χ2v) is 12.1. The zero-order chi connectivity index (χ0) is 39.8. The molecule has 2 aromatic carbocycles. The third kappa shape index (κ3) is 13.5. The first kappa shape index (κ1) is 41.8. The zero-order valence-electron chi connectivity index (χ0n) is 29.2. The summed E-state index contributed by atoms with van der Waals surface area (Å²) >= 11 is 0. The van der Waals surface area contributed by atoms with Gasteiger partial charge >= 0.3 is 17.9 Å². The minimum atomic E-state index is -1.46. The summed E-state index contributed by atoms with van der Waals surface area (Å²) in [5, 5.41) is 30.8. The first-order valence-corrected chi connectivity index (χ1v) is 16.8. The number of rotatable bonds is 20. The standard InChI is InChI=1S/C35H40N6O13/c1-20-15-22(17-23(16-20)35(53)54-41-28(44)11-12-29(41)45)32(49)37-18-26(42)39-24(10-13-30(46)47)33(50)38-19-27(43)40-25(34(51)52)9-5-6-14-36-31(48)21-7-3-2-4-8-21/h2-4,7-8,15-17,24-25H,5-6,9-14,18-19H2,1H3,(H,36,48)(H,37,49)(H,38,50)(H,39,42)(H,40,43)(H,46,47)(H,51,52). The van der Waals surface area contributed by atoms with E-state index >= 15 is 0 Å². The van der Waals surface area contributed by atoms with Crippen LogP contribution >= 0.6 is 0 Å². The lowest BCUT2D eigenvalue weighted by atomic mass is 10.1. The molecule has 1 heterocycles. The van der Waals surface area contributed by atoms with Crippen molar-refractivity contribution in [3.63, 3.8) is 0 Å². The molecule has 1 fully saturated rings. The molecule has 0 radical (unpaired) electrons. The molecule has 7 amide bonds. The first-order valence-electron chi connectivity index (χ1n) is 16.8. The molecule has 0 bridgehead atoms. The molecule has 2 atom stereocenters. The Labute approximate surface area is 308 Å². The van der Waals surface area contributed by atoms with Crippen molar-refractivity contribution in [1.29, 1.82) is 0 Å². The Kier molecular flexibility index (Phi) is 15.8. The topological polar surface area (TPSA) is 284 Å². The number of hydrogen-bond acceptors (Lipinski definition) is 11. The van der Waals surface area contributed by atoms with Crippen LogP contribution in [0.25, 0.3) is 0 Å². The molecule has 0 saturated carbocycles. The highest BCUT2D eigenvalue weighted by molar-refractivity contribution is 6.04. The second kappa shape index (κ2) is 20.4. The SMILES string of the molecule is Cc1cc(C(=O)NCC(=O)NC(CCC(=O)O)C(=O)NCC(=O)NC(CCCCNC(=O)c2ccccc2)C(=O)O)cc(C(=O)ON2C(=O)CCC2=O)c1. The number of carbonyl (C=O) groups excluding carboxylic acids is 8. The molecule has 288 valence electrons. The van der Waals surface area contributed by atoms with Crippen molar-refractivity contribution < 1.29 is 63.0 Å². The quantitative estimate of drug-likeness (QED) is 0.0669. The molecule has 2 unspecified atom stereocenters. The highest BCUT2D eigenvalue weighted by atomic mass is 16.7. The Balaban J connectivity index is 1.48. The van der Waals surface area contributed by atoms with Gasteiger partial charge in [-0.25, -0.2) is 9.59 Å². The molecule has 19 nitrogen and oxygen atoms in total. The molecule has 1 saturated heterocycles. The number of benzene rings is 2. The number of aliphatic carboxylic acids is 2. The third-order valence-electron chi connectivity index (χ3n) is 7.76. The van der Waals surface area contributed by atoms with Gasteiger partial charge in [-0.05, 0) is 68.5 Å². The monoisotopic (exact) mass is 752 g/mol. The van der Waals surface area contributed by atoms with Gasteiger partial charge in [0.2, 0.25) is 17.7 Å². The van der Waals surface area contributed by atoms with E-state index in [2.05, 4.69) is 26.6 Å². The van der Waals surface area contributed by atoms with Crippen molar-refractivity contribution in [2.75, 3.05) is 19.6 Å². The molecule has 2 aromatic rings. The first-order chi connectivity index (χ1) is 25.6. The Morgan fingerprint density at radius 3 is 1.94 bits per heavy atom. The average molecular weight is 753 g/mol. The van der Waals surface area contributed by atoms with Crippen molar-refractivity contribution in [3.8, 4) is 0 Å². The Morgan fingerprint density at radius 1 is 0.722 bits per heavy atom. The average Bonchev–Trinajstić information content (AvgIpc) is 3.45. The third-order valence-corrected chi connectivity index (χ3v) is 7.76. The van der Waals surface area contributed by atoms with Gasteiger partial charge in [-0.2, -0.15) is 0 Å². The number of carbonyl (C=O) groups is 10. The van der Waals surface area contributed by atoms with E-state index in [0.717, 1.165) is 6.07 Å². The van der Waals surface area contributed by atoms with Gasteiger partial charge in [0, 0.05) is 36.9 Å². The number of nitrogens with one attached hydrogen (secondary N) is 5. The summed E-state index contributed by atoms with van der Waals surface area (Å²) in [5.74, 6) is -8.93. The summed E-state index contributed by atoms with van der Waals surface area (Å²) in [7, 11) is 0. The number of imide groups is 1. The van der Waals surface area contributed by atoms with Gasteiger partial charge in [0.25, 0.3) is 23.6 Å². The van der Waals surface area contributed by atoms with Crippen LogP contribution in [-0.2, 0) is 38.4 Å². The van der Waals surface area contributed by atoms with E-state index < -0.39 is 91.4 Å². The normalized spacial score (nSPS) is 13.2. The molecule has 3 rings (SSSR count). The van der Waals surface area contributed by atoms with Crippen LogP contribution < -0.4 is 26.6 Å². The lowest BCUT2D eigenvalue weighted by Crippen LogP contribution is -2.52. The van der Waals surface area contributed by atoms with E-state index in [1.807, 2.05) is 0 Å². The van der Waals surface area contributed by atoms with Crippen molar-refractivity contribution in [2.24, 2.45) is 0 Å². The summed E-state index contributed by atoms with van der Waals surface area (Å²) in [6.07, 6.45) is -0.400. The lowest BCUT2D eigenvalue weighted by molar-refractivity contribution is -0.172. The molecule has 54 heavy (non-hydrogen) atoms. The van der Waals surface area contributed by atoms with Crippen LogP contribution in [0.15, 0.2) is 48.5 Å². The molecule has 19 heteroatoms. The Morgan fingerprint density at radius 2 is 1.31 bits per heavy atom. The van der Waals surface area contributed by atoms with Gasteiger partial charge in [0.1, 0.15) is 12.1 Å². The van der Waals surface area contributed by atoms with Crippen molar-refractivity contribution >= 4 is 59.3 Å². The van der Waals surface area contributed by atoms with Crippen molar-refractivity contribution in [3.05, 3.63) is 70.8 Å². The van der Waals surface area contributed by atoms with E-state index in [0.29, 0.717) is 29.0 Å². The van der Waals surface area contributed by atoms with Gasteiger partial charge in [-0.1, -0.05) is 18.2 Å². The van der Waals surface area contributed by atoms with E-state index in [4.69, 9.17) is 9.94 Å². The summed E-state index contributed by atoms with van der Waals surface area (Å²) in [5.41, 5.74) is 0.647. The number of hydrogen-bond donors (Lipinski definition) is 7. The molecular formula is C35H40N6O13. The maximum absolute atomic E-state index is 12.9. The number of unbranched alkanes of at least 4 members (excludes halogenated alkanes) is 1. The van der Waals surface area contributed by atoms with Crippen LogP contribution in [-0.4, -0.2) is 106 Å². The van der Waals surface area contributed by atoms with Gasteiger partial charge in [-0.15, -0.1) is 5.06 Å². The number of aryl methyl sites for hydroxylation is 1. The number of nitrogens with zero attached hydrogens (tertiary/aromatic N) is 1. The smallest absolute Gasteiger partial charge is 0.363 e. The number of carboxylic acid groups (broad SMARTS) is 2. The predicted octanol–water partition coefficient (Wildman–Crippen LogP) is -0.419. The van der Waals surface area contributed by atoms with Crippen molar-refractivity contribution in [1.82, 2.24) is 31.6 Å². The largest absolute Gasteiger partial charge is 0.481 e. The summed E-state index contributed by atoms with van der Waals surface area (Å²) in [6, 6.07) is 9.57.